The largest absolute Gasteiger partial charge is 0.325 e. The number of carbonyl (C=O) groups excluding carboxylic acids is 1. The zero-order chi connectivity index (χ0) is 13.3. The summed E-state index contributed by atoms with van der Waals surface area (Å²) < 4.78 is 2.42. The van der Waals surface area contributed by atoms with Crippen LogP contribution in [0.1, 0.15) is 16.2 Å². The number of aryl methyl sites for hydroxylation is 2. The smallest absolute Gasteiger partial charge is 0.301 e. The molecule has 7 heteroatoms. The summed E-state index contributed by atoms with van der Waals surface area (Å²) in [6.45, 7) is 1.80. The highest BCUT2D eigenvalue weighted by atomic mass is 79.9. The van der Waals surface area contributed by atoms with Gasteiger partial charge in [-0.25, -0.2) is 4.98 Å². The van der Waals surface area contributed by atoms with Gasteiger partial charge in [-0.2, -0.15) is 5.10 Å². The Kier molecular flexibility index (Phi) is 3.68. The number of anilines is 1. The van der Waals surface area contributed by atoms with Crippen molar-refractivity contribution < 1.29 is 9.48 Å². The molecule has 0 fully saturated rings. The average molecular weight is 331 g/mol. The number of amides is 1. The van der Waals surface area contributed by atoms with Crippen molar-refractivity contribution in [2.24, 2.45) is 7.05 Å². The van der Waals surface area contributed by atoms with Crippen LogP contribution in [-0.4, -0.2) is 16.0 Å². The van der Waals surface area contributed by atoms with Crippen LogP contribution < -0.4 is 10.00 Å². The molecule has 0 bridgehead atoms. The minimum atomic E-state index is -0.304. The van der Waals surface area contributed by atoms with Gasteiger partial charge in [-0.05, 0) is 35.0 Å². The van der Waals surface area contributed by atoms with Crippen molar-refractivity contribution in [3.63, 3.8) is 0 Å². The van der Waals surface area contributed by atoms with E-state index in [4.69, 9.17) is 11.6 Å². The van der Waals surface area contributed by atoms with Gasteiger partial charge in [0, 0.05) is 10.7 Å². The normalized spacial score (nSPS) is 10.4. The van der Waals surface area contributed by atoms with Crippen molar-refractivity contribution in [2.45, 2.75) is 6.92 Å². The van der Waals surface area contributed by atoms with E-state index in [0.29, 0.717) is 16.5 Å². The summed E-state index contributed by atoms with van der Waals surface area (Å²) in [7, 11) is 1.73. The van der Waals surface area contributed by atoms with Gasteiger partial charge < -0.3 is 5.32 Å². The first-order chi connectivity index (χ1) is 8.49. The molecule has 0 unspecified atom stereocenters. The molecule has 0 spiro atoms. The molecule has 0 saturated carbocycles. The molecule has 0 aliphatic carbocycles. The lowest BCUT2D eigenvalue weighted by molar-refractivity contribution is -0.728. The monoisotopic (exact) mass is 329 g/mol. The molecule has 94 valence electrons. The molecule has 5 nitrogen and oxygen atoms in total. The summed E-state index contributed by atoms with van der Waals surface area (Å²) in [5, 5.41) is 6.04. The molecule has 0 saturated heterocycles. The number of aromatic amines is 1. The zero-order valence-corrected chi connectivity index (χ0v) is 12.1. The second kappa shape index (κ2) is 5.07. The molecule has 18 heavy (non-hydrogen) atoms. The van der Waals surface area contributed by atoms with Crippen LogP contribution in [0, 0.1) is 6.92 Å². The number of nitrogens with one attached hydrogen (secondary N) is 2. The summed E-state index contributed by atoms with van der Waals surface area (Å²) in [5.41, 5.74) is 1.12. The Morgan fingerprint density at radius 3 is 2.78 bits per heavy atom. The maximum absolute atomic E-state index is 12.1. The van der Waals surface area contributed by atoms with Crippen LogP contribution in [0.3, 0.4) is 0 Å². The van der Waals surface area contributed by atoms with E-state index in [2.05, 4.69) is 31.3 Å². The van der Waals surface area contributed by atoms with E-state index < -0.39 is 0 Å². The standard InChI is InChI=1S/C11H10BrClN4O/c1-6-9(13)10(17(2)16-6)11(18)15-8-4-3-7(12)5-14-8/h3-5H,1-2H3,(H,14,15,18)/p+1. The fourth-order valence-electron chi connectivity index (χ4n) is 1.56. The highest BCUT2D eigenvalue weighted by molar-refractivity contribution is 9.10. The van der Waals surface area contributed by atoms with Gasteiger partial charge in [-0.3, -0.25) is 4.79 Å². The van der Waals surface area contributed by atoms with Crippen molar-refractivity contribution in [3.05, 3.63) is 39.2 Å². The minimum Gasteiger partial charge on any atom is -0.301 e. The summed E-state index contributed by atoms with van der Waals surface area (Å²) in [6, 6.07) is 3.50. The van der Waals surface area contributed by atoms with Gasteiger partial charge in [0.05, 0.1) is 5.69 Å². The predicted octanol–water partition coefficient (Wildman–Crippen LogP) is 2.21. The van der Waals surface area contributed by atoms with E-state index in [1.165, 1.54) is 0 Å². The first-order valence-corrected chi connectivity index (χ1v) is 6.33. The third-order valence-electron chi connectivity index (χ3n) is 2.39. The molecule has 0 atom stereocenters. The average Bonchev–Trinajstić information content (AvgIpc) is 2.56. The number of nitrogens with zero attached hydrogens (tertiary/aromatic N) is 2. The molecule has 0 aliphatic rings. The summed E-state index contributed by atoms with van der Waals surface area (Å²) in [5.74, 6) is 0.166. The van der Waals surface area contributed by atoms with Gasteiger partial charge in [-0.15, -0.1) is 4.68 Å². The van der Waals surface area contributed by atoms with E-state index in [1.54, 1.807) is 37.0 Å². The minimum absolute atomic E-state index is 0.304. The van der Waals surface area contributed by atoms with Gasteiger partial charge in [0.2, 0.25) is 0 Å². The van der Waals surface area contributed by atoms with E-state index in [-0.39, 0.29) is 5.91 Å². The Balaban J connectivity index is 2.24. The Labute approximate surface area is 117 Å². The van der Waals surface area contributed by atoms with Crippen molar-refractivity contribution in [3.8, 4) is 0 Å². The third-order valence-corrected chi connectivity index (χ3v) is 3.32. The summed E-state index contributed by atoms with van der Waals surface area (Å²) >= 11 is 9.34. The SMILES string of the molecule is Cc1[nH][n+](C)c(C(=O)Nc2ccc(Br)cn2)c1Cl. The number of aromatic nitrogens is 3. The number of pyridine rings is 1. The third kappa shape index (κ3) is 2.54. The molecule has 2 aromatic heterocycles. The number of rotatable bonds is 2. The van der Waals surface area contributed by atoms with Gasteiger partial charge in [-0.1, -0.05) is 11.6 Å². The van der Waals surface area contributed by atoms with Gasteiger partial charge in [0.15, 0.2) is 7.05 Å². The molecule has 1 amide bonds. The quantitative estimate of drug-likeness (QED) is 0.829. The molecular formula is C11H11BrClN4O+. The van der Waals surface area contributed by atoms with Gasteiger partial charge in [0.1, 0.15) is 10.8 Å². The molecule has 0 aliphatic heterocycles. The Hall–Kier alpha value is -1.40. The summed E-state index contributed by atoms with van der Waals surface area (Å²) in [4.78, 5) is 16.1. The number of hydrogen-bond acceptors (Lipinski definition) is 2. The second-order valence-corrected chi connectivity index (χ2v) is 5.07. The highest BCUT2D eigenvalue weighted by Gasteiger charge is 2.26. The van der Waals surface area contributed by atoms with Crippen molar-refractivity contribution in [1.82, 2.24) is 10.1 Å². The van der Waals surface area contributed by atoms with Crippen LogP contribution in [0.25, 0.3) is 0 Å². The van der Waals surface area contributed by atoms with Crippen LogP contribution in [0.2, 0.25) is 5.02 Å². The molecule has 2 heterocycles. The van der Waals surface area contributed by atoms with Crippen molar-refractivity contribution >= 4 is 39.3 Å². The van der Waals surface area contributed by atoms with E-state index >= 15 is 0 Å². The molecule has 0 aromatic carbocycles. The molecule has 0 radical (unpaired) electrons. The fraction of sp³-hybridized carbons (Fsp3) is 0.182. The van der Waals surface area contributed by atoms with Gasteiger partial charge in [0.25, 0.3) is 0 Å². The van der Waals surface area contributed by atoms with Crippen molar-refractivity contribution in [2.75, 3.05) is 5.32 Å². The van der Waals surface area contributed by atoms with E-state index in [9.17, 15) is 4.79 Å². The fourth-order valence-corrected chi connectivity index (χ4v) is 2.05. The molecular weight excluding hydrogens is 320 g/mol. The number of hydrogen-bond donors (Lipinski definition) is 2. The summed E-state index contributed by atoms with van der Waals surface area (Å²) in [6.07, 6.45) is 1.61. The Morgan fingerprint density at radius 2 is 2.28 bits per heavy atom. The molecule has 2 aromatic rings. The first kappa shape index (κ1) is 13.0. The van der Waals surface area contributed by atoms with Crippen LogP contribution >= 0.6 is 27.5 Å². The lowest BCUT2D eigenvalue weighted by Crippen LogP contribution is -2.38. The number of H-pyrrole nitrogens is 1. The molecule has 2 rings (SSSR count). The number of carbonyl (C=O) groups is 1. The zero-order valence-electron chi connectivity index (χ0n) is 9.79. The maximum Gasteiger partial charge on any atom is 0.325 e. The van der Waals surface area contributed by atoms with Crippen LogP contribution in [0.15, 0.2) is 22.8 Å². The predicted molar refractivity (Wildman–Crippen MR) is 71.6 cm³/mol. The lowest BCUT2D eigenvalue weighted by atomic mass is 10.3. The maximum atomic E-state index is 12.1. The van der Waals surface area contributed by atoms with Crippen LogP contribution in [0.4, 0.5) is 5.82 Å². The first-order valence-electron chi connectivity index (χ1n) is 5.16. The van der Waals surface area contributed by atoms with Gasteiger partial charge >= 0.3 is 11.6 Å². The topological polar surface area (TPSA) is 61.7 Å². The second-order valence-electron chi connectivity index (χ2n) is 3.77. The van der Waals surface area contributed by atoms with Crippen LogP contribution in [0.5, 0.6) is 0 Å². The Morgan fingerprint density at radius 1 is 1.56 bits per heavy atom. The lowest BCUT2D eigenvalue weighted by Gasteiger charge is -2.00. The number of halogens is 2. The highest BCUT2D eigenvalue weighted by Crippen LogP contribution is 2.17. The van der Waals surface area contributed by atoms with E-state index in [1.807, 2.05) is 0 Å². The molecule has 2 N–H and O–H groups in total. The van der Waals surface area contributed by atoms with Crippen molar-refractivity contribution in [1.29, 1.82) is 0 Å². The van der Waals surface area contributed by atoms with E-state index in [0.717, 1.165) is 10.2 Å². The Bertz CT molecular complexity index is 594. The van der Waals surface area contributed by atoms with Crippen LogP contribution in [-0.2, 0) is 7.05 Å².